The van der Waals surface area contributed by atoms with E-state index < -0.39 is 0 Å². The summed E-state index contributed by atoms with van der Waals surface area (Å²) < 4.78 is 0. The highest BCUT2D eigenvalue weighted by Crippen LogP contribution is 2.39. The van der Waals surface area contributed by atoms with Crippen molar-refractivity contribution in [3.05, 3.63) is 53.6 Å². The van der Waals surface area contributed by atoms with E-state index in [2.05, 4.69) is 57.4 Å². The average molecular weight is 448 g/mol. The number of nitrogens with zero attached hydrogens (tertiary/aromatic N) is 2. The first-order chi connectivity index (χ1) is 16.0. The molecule has 3 heterocycles. The topological polar surface area (TPSA) is 107 Å². The number of fused-ring (bicyclic) bond motifs is 1. The number of carbonyl (C=O) groups is 1. The molecule has 0 bridgehead atoms. The predicted molar refractivity (Wildman–Crippen MR) is 130 cm³/mol. The fourth-order valence-corrected chi connectivity index (χ4v) is 4.53. The Kier molecular flexibility index (Phi) is 6.03. The summed E-state index contributed by atoms with van der Waals surface area (Å²) in [4.78, 5) is 26.2. The van der Waals surface area contributed by atoms with E-state index in [-0.39, 0.29) is 24.0 Å². The van der Waals surface area contributed by atoms with Gasteiger partial charge in [0.15, 0.2) is 0 Å². The molecule has 174 valence electrons. The number of aromatic nitrogens is 3. The highest BCUT2D eigenvalue weighted by atomic mass is 16.2. The number of H-pyrrole nitrogens is 1. The van der Waals surface area contributed by atoms with Crippen LogP contribution in [0.4, 0.5) is 5.82 Å². The second kappa shape index (κ2) is 9.11. The molecule has 3 aromatic rings. The van der Waals surface area contributed by atoms with Crippen molar-refractivity contribution >= 4 is 22.6 Å². The van der Waals surface area contributed by atoms with Gasteiger partial charge in [0.1, 0.15) is 17.7 Å². The Morgan fingerprint density at radius 3 is 2.73 bits per heavy atom. The number of rotatable bonds is 8. The number of anilines is 1. The molecule has 3 unspecified atom stereocenters. The largest absolute Gasteiger partial charge is 0.373 e. The maximum absolute atomic E-state index is 13.3. The molecule has 3 atom stereocenters. The van der Waals surface area contributed by atoms with Crippen LogP contribution in [0.5, 0.6) is 0 Å². The summed E-state index contributed by atoms with van der Waals surface area (Å²) in [6.45, 7) is 4.33. The van der Waals surface area contributed by atoms with Gasteiger partial charge in [-0.05, 0) is 36.8 Å². The summed E-state index contributed by atoms with van der Waals surface area (Å²) in [7, 11) is 1.87. The molecule has 5 rings (SSSR count). The molecule has 1 saturated carbocycles. The third-order valence-electron chi connectivity index (χ3n) is 6.79. The van der Waals surface area contributed by atoms with Crippen LogP contribution in [0.2, 0.25) is 0 Å². The van der Waals surface area contributed by atoms with Crippen LogP contribution in [0.3, 0.4) is 0 Å². The number of amides is 1. The Hall–Kier alpha value is -2.97. The van der Waals surface area contributed by atoms with E-state index in [1.807, 2.05) is 31.4 Å². The van der Waals surface area contributed by atoms with E-state index >= 15 is 0 Å². The highest BCUT2D eigenvalue weighted by Gasteiger charge is 2.33. The van der Waals surface area contributed by atoms with E-state index in [1.165, 1.54) is 5.39 Å². The van der Waals surface area contributed by atoms with Gasteiger partial charge in [0.2, 0.25) is 5.91 Å². The van der Waals surface area contributed by atoms with Crippen LogP contribution >= 0.6 is 0 Å². The molecule has 2 aliphatic rings. The van der Waals surface area contributed by atoms with Crippen molar-refractivity contribution in [2.75, 3.05) is 12.4 Å². The number of carbonyl (C=O) groups excluding carboxylic acids is 1. The van der Waals surface area contributed by atoms with Gasteiger partial charge in [0.25, 0.3) is 0 Å². The van der Waals surface area contributed by atoms with Crippen LogP contribution in [0.15, 0.2) is 36.5 Å². The second-order valence-electron chi connectivity index (χ2n) is 9.61. The van der Waals surface area contributed by atoms with Crippen LogP contribution < -0.4 is 21.5 Å². The Labute approximate surface area is 194 Å². The molecular weight excluding hydrogens is 414 g/mol. The van der Waals surface area contributed by atoms with Crippen LogP contribution in [0.1, 0.15) is 62.2 Å². The molecule has 0 radical (unpaired) electrons. The summed E-state index contributed by atoms with van der Waals surface area (Å²) >= 11 is 0. The van der Waals surface area contributed by atoms with E-state index in [0.29, 0.717) is 18.3 Å². The molecule has 1 saturated heterocycles. The quantitative estimate of drug-likeness (QED) is 0.363. The van der Waals surface area contributed by atoms with Crippen LogP contribution in [-0.4, -0.2) is 40.0 Å². The minimum absolute atomic E-state index is 0.00640. The lowest BCUT2D eigenvalue weighted by Crippen LogP contribution is -2.45. The summed E-state index contributed by atoms with van der Waals surface area (Å²) in [5.74, 6) is 2.54. The lowest BCUT2D eigenvalue weighted by Gasteiger charge is -2.22. The lowest BCUT2D eigenvalue weighted by molar-refractivity contribution is -0.123. The molecule has 0 spiro atoms. The zero-order valence-electron chi connectivity index (χ0n) is 19.5. The first-order valence-electron chi connectivity index (χ1n) is 11.9. The highest BCUT2D eigenvalue weighted by molar-refractivity contribution is 5.84. The van der Waals surface area contributed by atoms with Gasteiger partial charge in [0, 0.05) is 48.6 Å². The van der Waals surface area contributed by atoms with Crippen molar-refractivity contribution in [3.63, 3.8) is 0 Å². The van der Waals surface area contributed by atoms with E-state index in [4.69, 9.17) is 4.98 Å². The van der Waals surface area contributed by atoms with Crippen molar-refractivity contribution < 1.29 is 4.79 Å². The fourth-order valence-electron chi connectivity index (χ4n) is 4.53. The van der Waals surface area contributed by atoms with E-state index in [1.54, 1.807) is 0 Å². The number of hydrogen-bond acceptors (Lipinski definition) is 6. The third-order valence-corrected chi connectivity index (χ3v) is 6.79. The van der Waals surface area contributed by atoms with Gasteiger partial charge < -0.3 is 15.6 Å². The van der Waals surface area contributed by atoms with Crippen LogP contribution in [0, 0.1) is 5.92 Å². The average Bonchev–Trinajstić information content (AvgIpc) is 3.41. The van der Waals surface area contributed by atoms with Gasteiger partial charge in [-0.1, -0.05) is 32.0 Å². The molecule has 2 aromatic heterocycles. The molecule has 8 nitrogen and oxygen atoms in total. The van der Waals surface area contributed by atoms with Crippen LogP contribution in [-0.2, 0) is 11.2 Å². The molecule has 8 heteroatoms. The number of nitrogens with one attached hydrogen (secondary N) is 5. The molecule has 5 N–H and O–H groups in total. The molecule has 1 aliphatic carbocycles. The van der Waals surface area contributed by atoms with Crippen molar-refractivity contribution in [3.8, 4) is 0 Å². The molecule has 2 fully saturated rings. The maximum Gasteiger partial charge on any atom is 0.239 e. The van der Waals surface area contributed by atoms with Gasteiger partial charge in [-0.3, -0.25) is 10.2 Å². The maximum atomic E-state index is 13.3. The molecule has 1 aliphatic heterocycles. The minimum Gasteiger partial charge on any atom is -0.373 e. The number of benzene rings is 1. The number of hydrazine groups is 1. The predicted octanol–water partition coefficient (Wildman–Crippen LogP) is 3.17. The Bertz CT molecular complexity index is 1140. The monoisotopic (exact) mass is 447 g/mol. The number of aromatic amines is 1. The molecule has 1 aromatic carbocycles. The molecule has 33 heavy (non-hydrogen) atoms. The van der Waals surface area contributed by atoms with E-state index in [0.717, 1.165) is 47.7 Å². The first kappa shape index (κ1) is 21.9. The Morgan fingerprint density at radius 1 is 1.18 bits per heavy atom. The van der Waals surface area contributed by atoms with Gasteiger partial charge >= 0.3 is 0 Å². The van der Waals surface area contributed by atoms with Gasteiger partial charge in [-0.15, -0.1) is 0 Å². The summed E-state index contributed by atoms with van der Waals surface area (Å²) in [6.07, 6.45) is 5.70. The molecule has 1 amide bonds. The lowest BCUT2D eigenvalue weighted by atomic mass is 9.98. The number of para-hydroxylation sites is 1. The third kappa shape index (κ3) is 4.72. The normalized spacial score (nSPS) is 21.5. The van der Waals surface area contributed by atoms with Gasteiger partial charge in [-0.2, -0.15) is 0 Å². The standard InChI is InChI=1S/C25H33N7O/c1-14(2)19-11-22(32-31-19)25(33)29-20(10-16-13-27-18-7-5-4-6-17(16)18)21-12-23(26-3)30-24(28-21)15-8-9-15/h4-7,12-15,19-20,22,27,31-32H,8-11H2,1-3H3,(H,29,33)(H,26,28,30). The fraction of sp³-hybridized carbons (Fsp3) is 0.480. The van der Waals surface area contributed by atoms with Crippen LogP contribution in [0.25, 0.3) is 10.9 Å². The van der Waals surface area contributed by atoms with Crippen molar-refractivity contribution in [1.29, 1.82) is 0 Å². The first-order valence-corrected chi connectivity index (χ1v) is 11.9. The van der Waals surface area contributed by atoms with Crippen molar-refractivity contribution in [2.45, 2.75) is 63.6 Å². The Balaban J connectivity index is 1.44. The smallest absolute Gasteiger partial charge is 0.239 e. The SMILES string of the molecule is CNc1cc(C(Cc2c[nH]c3ccccc23)NC(=O)C2CC(C(C)C)NN2)nc(C2CC2)n1. The summed E-state index contributed by atoms with van der Waals surface area (Å²) in [6, 6.07) is 9.97. The van der Waals surface area contributed by atoms with E-state index in [9.17, 15) is 4.79 Å². The summed E-state index contributed by atoms with van der Waals surface area (Å²) in [5, 5.41) is 7.64. The zero-order chi connectivity index (χ0) is 22.9. The molecular formula is C25H33N7O. The Morgan fingerprint density at radius 2 is 2.00 bits per heavy atom. The van der Waals surface area contributed by atoms with Gasteiger partial charge in [0.05, 0.1) is 11.7 Å². The number of hydrogen-bond donors (Lipinski definition) is 5. The second-order valence-corrected chi connectivity index (χ2v) is 9.61. The minimum atomic E-state index is -0.267. The van der Waals surface area contributed by atoms with Crippen molar-refractivity contribution in [2.24, 2.45) is 5.92 Å². The van der Waals surface area contributed by atoms with Gasteiger partial charge in [-0.25, -0.2) is 15.4 Å². The van der Waals surface area contributed by atoms with Crippen molar-refractivity contribution in [1.82, 2.24) is 31.1 Å². The summed E-state index contributed by atoms with van der Waals surface area (Å²) in [5.41, 5.74) is 9.55. The zero-order valence-corrected chi connectivity index (χ0v) is 19.5.